The van der Waals surface area contributed by atoms with E-state index in [-0.39, 0.29) is 48.3 Å². The smallest absolute Gasteiger partial charge is 0.329 e. The number of benzene rings is 4. The number of carbonyl (C=O) groups excluding carboxylic acids is 4. The van der Waals surface area contributed by atoms with Gasteiger partial charge in [-0.2, -0.15) is 0 Å². The maximum Gasteiger partial charge on any atom is 0.329 e. The van der Waals surface area contributed by atoms with Gasteiger partial charge >= 0.3 is 5.69 Å². The van der Waals surface area contributed by atoms with E-state index in [9.17, 15) is 24.0 Å². The quantitative estimate of drug-likeness (QED) is 0.0828. The molecule has 1 aromatic heterocycles. The topological polar surface area (TPSA) is 135 Å². The van der Waals surface area contributed by atoms with Crippen molar-refractivity contribution in [1.82, 2.24) is 19.4 Å². The van der Waals surface area contributed by atoms with E-state index in [1.807, 2.05) is 105 Å². The van der Waals surface area contributed by atoms with E-state index in [0.29, 0.717) is 28.5 Å². The number of nitrogens with zero attached hydrogens (tertiary/aromatic N) is 5. The zero-order chi connectivity index (χ0) is 45.9. The Bertz CT molecular complexity index is 2630. The normalized spacial score (nSPS) is 18.3. The van der Waals surface area contributed by atoms with Crippen molar-refractivity contribution in [2.45, 2.75) is 96.2 Å². The molecular formula is C51H59ClN6O7. The molecule has 0 spiro atoms. The molecule has 0 aliphatic carbocycles. The summed E-state index contributed by atoms with van der Waals surface area (Å²) in [5.74, 6) is 0.486. The number of rotatable bonds is 15. The standard InChI is InChI=1S/C51H59ClN6O7/c1-32(2)65-45-31-40-36(29-44(45)64-5)30-47(60)57(48(40)34-12-14-37(52)15-13-34)39-18-16-38(17-19-39)54(3)50(62)35-23-26-56(27-24-35)25-9-7-6-8-10-33-11-20-41-43(28-33)55(4)51(63)58(41)42-21-22-46(59)53-49(42)61/h11-20,28-29,31-32,35,42,48H,6-10,21-27,30H2,1-5H3,(H,53,59,61). The number of hydrogen-bond donors (Lipinski definition) is 1. The molecule has 4 heterocycles. The highest BCUT2D eigenvalue weighted by atomic mass is 35.5. The molecule has 4 aromatic carbocycles. The summed E-state index contributed by atoms with van der Waals surface area (Å²) < 4.78 is 14.9. The number of hydrogen-bond acceptors (Lipinski definition) is 8. The lowest BCUT2D eigenvalue weighted by Crippen LogP contribution is -2.44. The van der Waals surface area contributed by atoms with Crippen LogP contribution in [0.15, 0.2) is 83.7 Å². The van der Waals surface area contributed by atoms with Gasteiger partial charge in [0.2, 0.25) is 23.6 Å². The third-order valence-corrected chi connectivity index (χ3v) is 13.5. The molecular weight excluding hydrogens is 844 g/mol. The van der Waals surface area contributed by atoms with Gasteiger partial charge in [0.05, 0.1) is 36.7 Å². The third-order valence-electron chi connectivity index (χ3n) is 13.3. The van der Waals surface area contributed by atoms with Gasteiger partial charge in [-0.1, -0.05) is 42.6 Å². The van der Waals surface area contributed by atoms with Crippen LogP contribution in [-0.2, 0) is 39.1 Å². The van der Waals surface area contributed by atoms with Gasteiger partial charge in [0.1, 0.15) is 6.04 Å². The zero-order valence-electron chi connectivity index (χ0n) is 38.0. The van der Waals surface area contributed by atoms with E-state index < -0.39 is 18.0 Å². The molecule has 13 nitrogen and oxygen atoms in total. The molecule has 0 radical (unpaired) electrons. The van der Waals surface area contributed by atoms with Gasteiger partial charge in [-0.05, 0) is 155 Å². The summed E-state index contributed by atoms with van der Waals surface area (Å²) in [6.07, 6.45) is 7.53. The van der Waals surface area contributed by atoms with E-state index in [2.05, 4.69) is 10.2 Å². The maximum absolute atomic E-state index is 14.0. The van der Waals surface area contributed by atoms with Gasteiger partial charge in [-0.3, -0.25) is 33.6 Å². The Hall–Kier alpha value is -5.92. The van der Waals surface area contributed by atoms with Crippen LogP contribution < -0.4 is 30.3 Å². The molecule has 4 amide bonds. The second kappa shape index (κ2) is 19.7. The van der Waals surface area contributed by atoms with Crippen LogP contribution in [0.4, 0.5) is 11.4 Å². The number of unbranched alkanes of at least 4 members (excludes halogenated alkanes) is 3. The molecule has 1 N–H and O–H groups in total. The van der Waals surface area contributed by atoms with Gasteiger partial charge < -0.3 is 24.2 Å². The van der Waals surface area contributed by atoms with Crippen molar-refractivity contribution < 1.29 is 28.7 Å². The van der Waals surface area contributed by atoms with Crippen LogP contribution in [0.3, 0.4) is 0 Å². The van der Waals surface area contributed by atoms with Gasteiger partial charge in [-0.15, -0.1) is 0 Å². The van der Waals surface area contributed by atoms with Crippen molar-refractivity contribution >= 4 is 57.6 Å². The first-order valence-corrected chi connectivity index (χ1v) is 23.3. The number of nitrogens with one attached hydrogen (secondary N) is 1. The molecule has 0 bridgehead atoms. The first kappa shape index (κ1) is 45.6. The summed E-state index contributed by atoms with van der Waals surface area (Å²) in [5, 5.41) is 2.98. The highest BCUT2D eigenvalue weighted by molar-refractivity contribution is 6.30. The molecule has 2 atom stereocenters. The first-order chi connectivity index (χ1) is 31.3. The molecule has 3 aliphatic rings. The second-order valence-corrected chi connectivity index (χ2v) is 18.4. The molecule has 8 rings (SSSR count). The zero-order valence-corrected chi connectivity index (χ0v) is 38.7. The molecule has 65 heavy (non-hydrogen) atoms. The minimum absolute atomic E-state index is 0.0495. The third kappa shape index (κ3) is 9.72. The largest absolute Gasteiger partial charge is 0.493 e. The van der Waals surface area contributed by atoms with Gasteiger partial charge in [0.25, 0.3) is 0 Å². The summed E-state index contributed by atoms with van der Waals surface area (Å²) in [6, 6.07) is 24.1. The summed E-state index contributed by atoms with van der Waals surface area (Å²) in [4.78, 5) is 71.3. The number of likely N-dealkylation sites (tertiary alicyclic amines) is 1. The predicted molar refractivity (Wildman–Crippen MR) is 253 cm³/mol. The average Bonchev–Trinajstić information content (AvgIpc) is 3.54. The lowest BCUT2D eigenvalue weighted by atomic mass is 9.86. The molecule has 5 aromatic rings. The lowest BCUT2D eigenvalue weighted by Gasteiger charge is -2.38. The lowest BCUT2D eigenvalue weighted by molar-refractivity contribution is -0.135. The Kier molecular flexibility index (Phi) is 13.8. The average molecular weight is 904 g/mol. The molecule has 3 aliphatic heterocycles. The van der Waals surface area contributed by atoms with Crippen LogP contribution in [0.25, 0.3) is 11.0 Å². The van der Waals surface area contributed by atoms with E-state index >= 15 is 0 Å². The van der Waals surface area contributed by atoms with Crippen molar-refractivity contribution in [1.29, 1.82) is 0 Å². The highest BCUT2D eigenvalue weighted by Gasteiger charge is 2.37. The predicted octanol–water partition coefficient (Wildman–Crippen LogP) is 7.92. The van der Waals surface area contributed by atoms with Crippen LogP contribution in [0.2, 0.25) is 5.02 Å². The van der Waals surface area contributed by atoms with Crippen LogP contribution in [0.1, 0.15) is 99.6 Å². The Balaban J connectivity index is 0.825. The van der Waals surface area contributed by atoms with Crippen molar-refractivity contribution in [3.63, 3.8) is 0 Å². The van der Waals surface area contributed by atoms with E-state index in [1.54, 1.807) is 23.6 Å². The minimum Gasteiger partial charge on any atom is -0.493 e. The summed E-state index contributed by atoms with van der Waals surface area (Å²) in [7, 11) is 5.17. The van der Waals surface area contributed by atoms with Crippen LogP contribution in [0, 0.1) is 5.92 Å². The summed E-state index contributed by atoms with van der Waals surface area (Å²) in [5.41, 5.74) is 6.66. The fourth-order valence-electron chi connectivity index (χ4n) is 9.78. The molecule has 2 unspecified atom stereocenters. The van der Waals surface area contributed by atoms with Crippen molar-refractivity contribution in [3.05, 3.63) is 117 Å². The van der Waals surface area contributed by atoms with E-state index in [4.69, 9.17) is 21.1 Å². The maximum atomic E-state index is 14.0. The van der Waals surface area contributed by atoms with Gasteiger partial charge in [0.15, 0.2) is 11.5 Å². The number of imide groups is 1. The Morgan fingerprint density at radius 2 is 1.58 bits per heavy atom. The van der Waals surface area contributed by atoms with Crippen molar-refractivity contribution in [2.24, 2.45) is 13.0 Å². The molecule has 2 fully saturated rings. The van der Waals surface area contributed by atoms with E-state index in [1.165, 1.54) is 4.57 Å². The summed E-state index contributed by atoms with van der Waals surface area (Å²) in [6.45, 7) is 6.73. The molecule has 342 valence electrons. The highest BCUT2D eigenvalue weighted by Crippen LogP contribution is 2.44. The number of anilines is 2. The molecule has 2 saturated heterocycles. The van der Waals surface area contributed by atoms with Gasteiger partial charge in [-0.25, -0.2) is 4.79 Å². The number of methoxy groups -OCH3 is 1. The Morgan fingerprint density at radius 3 is 2.28 bits per heavy atom. The van der Waals surface area contributed by atoms with E-state index in [0.717, 1.165) is 104 Å². The monoisotopic (exact) mass is 902 g/mol. The minimum atomic E-state index is -0.686. The number of ether oxygens (including phenoxy) is 2. The number of imidazole rings is 1. The number of fused-ring (bicyclic) bond motifs is 2. The van der Waals surface area contributed by atoms with Crippen LogP contribution in [0.5, 0.6) is 11.5 Å². The number of amides is 4. The van der Waals surface area contributed by atoms with Crippen molar-refractivity contribution in [2.75, 3.05) is 43.6 Å². The Labute approximate surface area is 385 Å². The summed E-state index contributed by atoms with van der Waals surface area (Å²) >= 11 is 6.31. The van der Waals surface area contributed by atoms with Crippen LogP contribution in [-0.4, -0.2) is 77.6 Å². The number of carbonyl (C=O) groups is 4. The molecule has 14 heteroatoms. The number of halogens is 1. The number of aromatic nitrogens is 2. The second-order valence-electron chi connectivity index (χ2n) is 18.0. The van der Waals surface area contributed by atoms with Gasteiger partial charge in [0, 0.05) is 42.8 Å². The SMILES string of the molecule is COc1cc2c(cc1OC(C)C)C(c1ccc(Cl)cc1)N(c1ccc(N(C)C(=O)C3CCN(CCCCCCc4ccc5c(c4)n(C)c(=O)n5C4CCC(=O)NC4=O)CC3)cc1)C(=O)C2. The van der Waals surface area contributed by atoms with Crippen molar-refractivity contribution in [3.8, 4) is 11.5 Å². The molecule has 0 saturated carbocycles. The fraction of sp³-hybridized carbons (Fsp3) is 0.431. The Morgan fingerprint density at radius 1 is 0.862 bits per heavy atom. The number of aryl methyl sites for hydroxylation is 2. The van der Waals surface area contributed by atoms with Crippen LogP contribution >= 0.6 is 11.6 Å². The fourth-order valence-corrected chi connectivity index (χ4v) is 9.91. The first-order valence-electron chi connectivity index (χ1n) is 22.9. The number of piperidine rings is 2.